The number of aliphatic hydroxyl groups excluding tert-OH is 2. The predicted octanol–water partition coefficient (Wildman–Crippen LogP) is 1.96. The standard InChI is InChI=1S/C13H13ClN2O3S/c1-7(17)20-5-11(18)12(19)8-2-3-9-10(4-8)15-6-16-13(9)14/h2-4,6,11-12,18-19H,5H2,1H3. The second-order valence-corrected chi connectivity index (χ2v) is 5.81. The van der Waals surface area contributed by atoms with Crippen molar-refractivity contribution in [2.45, 2.75) is 19.1 Å². The van der Waals surface area contributed by atoms with Gasteiger partial charge in [-0.1, -0.05) is 29.4 Å². The Balaban J connectivity index is 2.22. The van der Waals surface area contributed by atoms with E-state index in [9.17, 15) is 15.0 Å². The van der Waals surface area contributed by atoms with Crippen LogP contribution in [-0.4, -0.2) is 37.2 Å². The van der Waals surface area contributed by atoms with Crippen LogP contribution in [0.1, 0.15) is 18.6 Å². The maximum atomic E-state index is 10.9. The van der Waals surface area contributed by atoms with E-state index in [0.717, 1.165) is 11.8 Å². The minimum Gasteiger partial charge on any atom is -0.389 e. The van der Waals surface area contributed by atoms with Crippen molar-refractivity contribution in [3.8, 4) is 0 Å². The number of hydrogen-bond donors (Lipinski definition) is 2. The van der Waals surface area contributed by atoms with Crippen molar-refractivity contribution in [1.82, 2.24) is 9.97 Å². The van der Waals surface area contributed by atoms with Crippen LogP contribution >= 0.6 is 23.4 Å². The summed E-state index contributed by atoms with van der Waals surface area (Å²) in [4.78, 5) is 18.8. The van der Waals surface area contributed by atoms with Gasteiger partial charge in [-0.2, -0.15) is 0 Å². The number of rotatable bonds is 4. The van der Waals surface area contributed by atoms with E-state index in [4.69, 9.17) is 11.6 Å². The van der Waals surface area contributed by atoms with E-state index >= 15 is 0 Å². The second-order valence-electron chi connectivity index (χ2n) is 4.26. The van der Waals surface area contributed by atoms with Crippen molar-refractivity contribution >= 4 is 39.4 Å². The molecule has 0 aliphatic heterocycles. The molecular weight excluding hydrogens is 300 g/mol. The Kier molecular flexibility index (Phi) is 4.93. The smallest absolute Gasteiger partial charge is 0.185 e. The molecule has 0 aliphatic rings. The van der Waals surface area contributed by atoms with Crippen LogP contribution in [0.2, 0.25) is 5.15 Å². The van der Waals surface area contributed by atoms with Gasteiger partial charge in [0.05, 0.1) is 11.6 Å². The van der Waals surface area contributed by atoms with E-state index in [2.05, 4.69) is 9.97 Å². The van der Waals surface area contributed by atoms with E-state index in [1.54, 1.807) is 18.2 Å². The van der Waals surface area contributed by atoms with Crippen LogP contribution in [-0.2, 0) is 4.79 Å². The first kappa shape index (κ1) is 15.2. The molecule has 2 aromatic rings. The fraction of sp³-hybridized carbons (Fsp3) is 0.308. The van der Waals surface area contributed by atoms with Crippen LogP contribution in [0.3, 0.4) is 0 Å². The van der Waals surface area contributed by atoms with Gasteiger partial charge in [0.1, 0.15) is 17.6 Å². The third kappa shape index (κ3) is 3.46. The molecule has 0 fully saturated rings. The van der Waals surface area contributed by atoms with Crippen molar-refractivity contribution in [2.75, 3.05) is 5.75 Å². The Morgan fingerprint density at radius 3 is 2.85 bits per heavy atom. The quantitative estimate of drug-likeness (QED) is 0.840. The molecule has 2 rings (SSSR count). The fourth-order valence-corrected chi connectivity index (χ4v) is 2.53. The number of thioether (sulfide) groups is 1. The highest BCUT2D eigenvalue weighted by Crippen LogP contribution is 2.25. The van der Waals surface area contributed by atoms with E-state index in [1.165, 1.54) is 13.3 Å². The lowest BCUT2D eigenvalue weighted by Gasteiger charge is -2.17. The number of halogens is 1. The van der Waals surface area contributed by atoms with E-state index in [0.29, 0.717) is 21.6 Å². The lowest BCUT2D eigenvalue weighted by atomic mass is 10.0. The van der Waals surface area contributed by atoms with Crippen molar-refractivity contribution in [2.24, 2.45) is 0 Å². The number of nitrogens with zero attached hydrogens (tertiary/aromatic N) is 2. The number of hydrogen-bond acceptors (Lipinski definition) is 6. The first-order valence-electron chi connectivity index (χ1n) is 5.88. The van der Waals surface area contributed by atoms with Crippen LogP contribution in [0.5, 0.6) is 0 Å². The van der Waals surface area contributed by atoms with Crippen LogP contribution in [0.15, 0.2) is 24.5 Å². The van der Waals surface area contributed by atoms with Crippen molar-refractivity contribution in [3.63, 3.8) is 0 Å². The van der Waals surface area contributed by atoms with Gasteiger partial charge >= 0.3 is 0 Å². The highest BCUT2D eigenvalue weighted by molar-refractivity contribution is 8.13. The summed E-state index contributed by atoms with van der Waals surface area (Å²) in [6.07, 6.45) is -0.776. The van der Waals surface area contributed by atoms with Crippen LogP contribution < -0.4 is 0 Å². The zero-order valence-electron chi connectivity index (χ0n) is 10.7. The molecule has 106 valence electrons. The number of fused-ring (bicyclic) bond motifs is 1. The molecule has 2 atom stereocenters. The molecule has 0 spiro atoms. The molecule has 1 heterocycles. The Morgan fingerprint density at radius 2 is 2.15 bits per heavy atom. The number of carbonyl (C=O) groups is 1. The zero-order valence-corrected chi connectivity index (χ0v) is 12.2. The SMILES string of the molecule is CC(=O)SCC(O)C(O)c1ccc2c(Cl)ncnc2c1. The highest BCUT2D eigenvalue weighted by atomic mass is 35.5. The summed E-state index contributed by atoms with van der Waals surface area (Å²) in [5.74, 6) is 0.138. The average molecular weight is 313 g/mol. The van der Waals surface area contributed by atoms with Crippen molar-refractivity contribution in [3.05, 3.63) is 35.2 Å². The molecule has 1 aromatic heterocycles. The lowest BCUT2D eigenvalue weighted by molar-refractivity contribution is -0.109. The van der Waals surface area contributed by atoms with E-state index < -0.39 is 12.2 Å². The van der Waals surface area contributed by atoms with Crippen molar-refractivity contribution in [1.29, 1.82) is 0 Å². The number of aromatic nitrogens is 2. The third-order valence-corrected chi connectivity index (χ3v) is 3.99. The monoisotopic (exact) mass is 312 g/mol. The molecule has 0 saturated carbocycles. The topological polar surface area (TPSA) is 83.3 Å². The molecule has 0 aliphatic carbocycles. The maximum absolute atomic E-state index is 10.9. The molecule has 0 radical (unpaired) electrons. The number of aliphatic hydroxyl groups is 2. The summed E-state index contributed by atoms with van der Waals surface area (Å²) in [5.41, 5.74) is 1.11. The van der Waals surface area contributed by atoms with Gasteiger partial charge in [-0.05, 0) is 17.7 Å². The summed E-state index contributed by atoms with van der Waals surface area (Å²) in [5, 5.41) is 20.9. The Labute approximate surface area is 125 Å². The predicted molar refractivity (Wildman–Crippen MR) is 78.7 cm³/mol. The molecule has 0 saturated heterocycles. The van der Waals surface area contributed by atoms with Gasteiger partial charge in [0.15, 0.2) is 5.12 Å². The Morgan fingerprint density at radius 1 is 1.40 bits per heavy atom. The molecule has 2 unspecified atom stereocenters. The highest BCUT2D eigenvalue weighted by Gasteiger charge is 2.19. The minimum atomic E-state index is -1.08. The van der Waals surface area contributed by atoms with Gasteiger partial charge in [0.25, 0.3) is 0 Å². The lowest BCUT2D eigenvalue weighted by Crippen LogP contribution is -2.21. The normalized spacial score (nSPS) is 14.2. The molecule has 7 heteroatoms. The van der Waals surface area contributed by atoms with E-state index in [-0.39, 0.29) is 10.9 Å². The van der Waals surface area contributed by atoms with Gasteiger partial charge in [-0.3, -0.25) is 4.79 Å². The molecule has 20 heavy (non-hydrogen) atoms. The summed E-state index contributed by atoms with van der Waals surface area (Å²) in [6, 6.07) is 5.00. The van der Waals surface area contributed by atoms with Crippen LogP contribution in [0.4, 0.5) is 0 Å². The summed E-state index contributed by atoms with van der Waals surface area (Å²) < 4.78 is 0. The first-order valence-corrected chi connectivity index (χ1v) is 7.25. The van der Waals surface area contributed by atoms with Gasteiger partial charge in [0, 0.05) is 18.1 Å². The third-order valence-electron chi connectivity index (χ3n) is 2.78. The molecule has 0 bridgehead atoms. The summed E-state index contributed by atoms with van der Waals surface area (Å²) >= 11 is 6.91. The minimum absolute atomic E-state index is 0.103. The van der Waals surface area contributed by atoms with Gasteiger partial charge in [-0.25, -0.2) is 9.97 Å². The molecule has 2 N–H and O–H groups in total. The van der Waals surface area contributed by atoms with Crippen molar-refractivity contribution < 1.29 is 15.0 Å². The molecule has 5 nitrogen and oxygen atoms in total. The van der Waals surface area contributed by atoms with E-state index in [1.807, 2.05) is 0 Å². The van der Waals surface area contributed by atoms with Gasteiger partial charge in [0.2, 0.25) is 0 Å². The maximum Gasteiger partial charge on any atom is 0.185 e. The largest absolute Gasteiger partial charge is 0.389 e. The summed E-state index contributed by atoms with van der Waals surface area (Å²) in [6.45, 7) is 1.42. The van der Waals surface area contributed by atoms with Gasteiger partial charge in [-0.15, -0.1) is 0 Å². The Hall–Kier alpha value is -1.21. The van der Waals surface area contributed by atoms with Crippen LogP contribution in [0, 0.1) is 0 Å². The number of benzene rings is 1. The van der Waals surface area contributed by atoms with Crippen LogP contribution in [0.25, 0.3) is 10.9 Å². The van der Waals surface area contributed by atoms with Gasteiger partial charge < -0.3 is 10.2 Å². The zero-order chi connectivity index (χ0) is 14.7. The molecular formula is C13H13ClN2O3S. The Bertz CT molecular complexity index is 638. The fourth-order valence-electron chi connectivity index (χ4n) is 1.74. The molecule has 1 aromatic carbocycles. The number of carbonyl (C=O) groups excluding carboxylic acids is 1. The summed E-state index contributed by atoms with van der Waals surface area (Å²) in [7, 11) is 0. The molecule has 0 amide bonds. The second kappa shape index (κ2) is 6.49. The first-order chi connectivity index (χ1) is 9.49. The average Bonchev–Trinajstić information content (AvgIpc) is 2.43.